The fraction of sp³-hybridized carbons (Fsp3) is 0.643. The van der Waals surface area contributed by atoms with E-state index in [1.54, 1.807) is 0 Å². The number of halogens is 1. The highest BCUT2D eigenvalue weighted by Crippen LogP contribution is 2.44. The summed E-state index contributed by atoms with van der Waals surface area (Å²) >= 11 is 3.42. The van der Waals surface area contributed by atoms with Crippen molar-refractivity contribution in [2.45, 2.75) is 39.0 Å². The third-order valence-corrected chi connectivity index (χ3v) is 4.63. The largest absolute Gasteiger partial charge is 0.330 e. The van der Waals surface area contributed by atoms with Crippen LogP contribution in [0.15, 0.2) is 22.8 Å². The first-order valence-corrected chi connectivity index (χ1v) is 7.27. The van der Waals surface area contributed by atoms with Gasteiger partial charge in [-0.2, -0.15) is 0 Å². The lowest BCUT2D eigenvalue weighted by atomic mass is 9.80. The molecule has 17 heavy (non-hydrogen) atoms. The molecule has 2 atom stereocenters. The van der Waals surface area contributed by atoms with Crippen molar-refractivity contribution in [2.75, 3.05) is 6.54 Å². The Morgan fingerprint density at radius 2 is 2.35 bits per heavy atom. The van der Waals surface area contributed by atoms with Gasteiger partial charge in [-0.25, -0.2) is 0 Å². The van der Waals surface area contributed by atoms with Crippen molar-refractivity contribution in [3.05, 3.63) is 28.5 Å². The molecule has 0 aliphatic heterocycles. The van der Waals surface area contributed by atoms with Crippen LogP contribution >= 0.6 is 15.9 Å². The zero-order valence-corrected chi connectivity index (χ0v) is 12.0. The third-order valence-electron chi connectivity index (χ3n) is 4.16. The summed E-state index contributed by atoms with van der Waals surface area (Å²) in [5, 5.41) is 0. The summed E-state index contributed by atoms with van der Waals surface area (Å²) in [6.45, 7) is 3.08. The molecule has 0 spiro atoms. The van der Waals surface area contributed by atoms with E-state index in [0.29, 0.717) is 5.41 Å². The molecule has 2 N–H and O–H groups in total. The van der Waals surface area contributed by atoms with Crippen molar-refractivity contribution in [1.29, 1.82) is 0 Å². The van der Waals surface area contributed by atoms with Crippen molar-refractivity contribution < 1.29 is 0 Å². The SMILES string of the molecule is CCC1CCC(CN)(Cc2ccc(Br)cn2)C1. The third kappa shape index (κ3) is 3.08. The second-order valence-electron chi connectivity index (χ2n) is 5.37. The fourth-order valence-corrected chi connectivity index (χ4v) is 3.22. The van der Waals surface area contributed by atoms with Gasteiger partial charge >= 0.3 is 0 Å². The molecule has 1 aromatic rings. The number of pyridine rings is 1. The van der Waals surface area contributed by atoms with Gasteiger partial charge in [0.05, 0.1) is 0 Å². The summed E-state index contributed by atoms with van der Waals surface area (Å²) in [6.07, 6.45) is 8.08. The van der Waals surface area contributed by atoms with Crippen LogP contribution in [0.3, 0.4) is 0 Å². The maximum absolute atomic E-state index is 6.03. The highest BCUT2D eigenvalue weighted by Gasteiger charge is 2.37. The van der Waals surface area contributed by atoms with E-state index in [9.17, 15) is 0 Å². The van der Waals surface area contributed by atoms with Crippen LogP contribution in [0.1, 0.15) is 38.3 Å². The Labute approximate surface area is 112 Å². The summed E-state index contributed by atoms with van der Waals surface area (Å²) in [7, 11) is 0. The predicted octanol–water partition coefficient (Wildman–Crippen LogP) is 3.54. The molecule has 1 heterocycles. The van der Waals surface area contributed by atoms with Crippen molar-refractivity contribution in [2.24, 2.45) is 17.1 Å². The first-order valence-electron chi connectivity index (χ1n) is 6.48. The smallest absolute Gasteiger partial charge is 0.0413 e. The van der Waals surface area contributed by atoms with E-state index in [2.05, 4.69) is 40.0 Å². The van der Waals surface area contributed by atoms with Crippen molar-refractivity contribution in [3.63, 3.8) is 0 Å². The fourth-order valence-electron chi connectivity index (χ4n) is 2.99. The number of aromatic nitrogens is 1. The molecule has 1 saturated carbocycles. The number of nitrogens with two attached hydrogens (primary N) is 1. The first kappa shape index (κ1) is 13.0. The Hall–Kier alpha value is -0.410. The summed E-state index contributed by atoms with van der Waals surface area (Å²) in [5.41, 5.74) is 7.51. The van der Waals surface area contributed by atoms with Gasteiger partial charge in [-0.15, -0.1) is 0 Å². The Kier molecular flexibility index (Phi) is 4.21. The standard InChI is InChI=1S/C14H21BrN2/c1-2-11-5-6-14(7-11,10-16)8-13-4-3-12(15)9-17-13/h3-4,9,11H,2,5-8,10,16H2,1H3. The lowest BCUT2D eigenvalue weighted by Crippen LogP contribution is -2.30. The van der Waals surface area contributed by atoms with E-state index in [1.165, 1.54) is 31.4 Å². The van der Waals surface area contributed by atoms with Gasteiger partial charge in [0.15, 0.2) is 0 Å². The van der Waals surface area contributed by atoms with Crippen LogP contribution in [0, 0.1) is 11.3 Å². The van der Waals surface area contributed by atoms with Crippen LogP contribution in [0.4, 0.5) is 0 Å². The molecule has 1 aliphatic carbocycles. The lowest BCUT2D eigenvalue weighted by Gasteiger charge is -2.27. The molecule has 94 valence electrons. The van der Waals surface area contributed by atoms with Crippen molar-refractivity contribution in [3.8, 4) is 0 Å². The van der Waals surface area contributed by atoms with Crippen molar-refractivity contribution >= 4 is 15.9 Å². The minimum Gasteiger partial charge on any atom is -0.330 e. The molecule has 3 heteroatoms. The van der Waals surface area contributed by atoms with Gasteiger partial charge in [-0.1, -0.05) is 13.3 Å². The van der Waals surface area contributed by atoms with Gasteiger partial charge in [-0.3, -0.25) is 4.98 Å². The number of hydrogen-bond donors (Lipinski definition) is 1. The van der Waals surface area contributed by atoms with E-state index in [-0.39, 0.29) is 0 Å². The molecule has 2 nitrogen and oxygen atoms in total. The van der Waals surface area contributed by atoms with Crippen LogP contribution in [0.2, 0.25) is 0 Å². The second-order valence-corrected chi connectivity index (χ2v) is 6.28. The van der Waals surface area contributed by atoms with E-state index < -0.39 is 0 Å². The zero-order valence-electron chi connectivity index (χ0n) is 10.5. The van der Waals surface area contributed by atoms with E-state index in [1.807, 2.05) is 6.20 Å². The molecular weight excluding hydrogens is 276 g/mol. The molecule has 1 fully saturated rings. The van der Waals surface area contributed by atoms with E-state index >= 15 is 0 Å². The second kappa shape index (κ2) is 5.49. The zero-order chi connectivity index (χ0) is 12.3. The van der Waals surface area contributed by atoms with Crippen LogP contribution in [-0.4, -0.2) is 11.5 Å². The lowest BCUT2D eigenvalue weighted by molar-refractivity contribution is 0.288. The maximum atomic E-state index is 6.03. The van der Waals surface area contributed by atoms with Gasteiger partial charge in [-0.05, 0) is 71.6 Å². The highest BCUT2D eigenvalue weighted by molar-refractivity contribution is 9.10. The molecule has 0 bridgehead atoms. The predicted molar refractivity (Wildman–Crippen MR) is 74.8 cm³/mol. The molecule has 0 amide bonds. The quantitative estimate of drug-likeness (QED) is 0.923. The number of hydrogen-bond acceptors (Lipinski definition) is 2. The summed E-state index contributed by atoms with van der Waals surface area (Å²) in [6, 6.07) is 4.18. The van der Waals surface area contributed by atoms with Crippen LogP contribution < -0.4 is 5.73 Å². The van der Waals surface area contributed by atoms with Crippen molar-refractivity contribution in [1.82, 2.24) is 4.98 Å². The topological polar surface area (TPSA) is 38.9 Å². The minimum absolute atomic E-state index is 0.307. The Morgan fingerprint density at radius 3 is 2.88 bits per heavy atom. The Morgan fingerprint density at radius 1 is 1.53 bits per heavy atom. The summed E-state index contributed by atoms with van der Waals surface area (Å²) in [4.78, 5) is 4.48. The normalized spacial score (nSPS) is 28.5. The molecule has 0 radical (unpaired) electrons. The van der Waals surface area contributed by atoms with Crippen LogP contribution in [0.25, 0.3) is 0 Å². The van der Waals surface area contributed by atoms with Gasteiger partial charge in [0, 0.05) is 16.4 Å². The molecule has 1 aliphatic rings. The molecule has 1 aromatic heterocycles. The van der Waals surface area contributed by atoms with Gasteiger partial charge in [0.2, 0.25) is 0 Å². The maximum Gasteiger partial charge on any atom is 0.0413 e. The minimum atomic E-state index is 0.307. The van der Waals surface area contributed by atoms with E-state index in [4.69, 9.17) is 5.73 Å². The molecule has 0 saturated heterocycles. The summed E-state index contributed by atoms with van der Waals surface area (Å²) < 4.78 is 1.04. The number of rotatable bonds is 4. The molecule has 0 aromatic carbocycles. The first-order chi connectivity index (χ1) is 8.17. The monoisotopic (exact) mass is 296 g/mol. The Balaban J connectivity index is 2.07. The van der Waals surface area contributed by atoms with Gasteiger partial charge < -0.3 is 5.73 Å². The average Bonchev–Trinajstić information content (AvgIpc) is 2.76. The molecule has 2 rings (SSSR count). The van der Waals surface area contributed by atoms with Crippen LogP contribution in [0.5, 0.6) is 0 Å². The van der Waals surface area contributed by atoms with Gasteiger partial charge in [0.1, 0.15) is 0 Å². The Bertz CT molecular complexity index is 363. The molecule has 2 unspecified atom stereocenters. The average molecular weight is 297 g/mol. The van der Waals surface area contributed by atoms with E-state index in [0.717, 1.165) is 23.4 Å². The van der Waals surface area contributed by atoms with Gasteiger partial charge in [0.25, 0.3) is 0 Å². The highest BCUT2D eigenvalue weighted by atomic mass is 79.9. The number of nitrogens with zero attached hydrogens (tertiary/aromatic N) is 1. The molecular formula is C14H21BrN2. The summed E-state index contributed by atoms with van der Waals surface area (Å²) in [5.74, 6) is 0.869. The van der Waals surface area contributed by atoms with Crippen LogP contribution in [-0.2, 0) is 6.42 Å².